The van der Waals surface area contributed by atoms with Crippen LogP contribution in [0.2, 0.25) is 0 Å². The van der Waals surface area contributed by atoms with Gasteiger partial charge in [0.2, 0.25) is 29.3 Å². The molecule has 2 heterocycles. The van der Waals surface area contributed by atoms with Gasteiger partial charge in [-0.3, -0.25) is 24.0 Å². The lowest BCUT2D eigenvalue weighted by molar-refractivity contribution is -0.145. The molecule has 2 saturated carbocycles. The summed E-state index contributed by atoms with van der Waals surface area (Å²) in [6.07, 6.45) is 4.26. The number of likely N-dealkylation sites (tertiary alicyclic amines) is 1. The van der Waals surface area contributed by atoms with Gasteiger partial charge in [0.25, 0.3) is 0 Å². The van der Waals surface area contributed by atoms with Crippen LogP contribution in [0, 0.1) is 42.9 Å². The molecule has 1 spiro atoms. The van der Waals surface area contributed by atoms with Crippen LogP contribution >= 0.6 is 0 Å². The molecule has 3 amide bonds. The van der Waals surface area contributed by atoms with Crippen LogP contribution in [-0.2, 0) is 28.8 Å². The number of aryl methyl sites for hydroxylation is 2. The zero-order chi connectivity index (χ0) is 37.4. The van der Waals surface area contributed by atoms with Crippen LogP contribution in [0.15, 0.2) is 17.3 Å². The van der Waals surface area contributed by atoms with Gasteiger partial charge in [0, 0.05) is 30.7 Å². The van der Waals surface area contributed by atoms with Gasteiger partial charge < -0.3 is 25.1 Å². The molecule has 0 unspecified atom stereocenters. The van der Waals surface area contributed by atoms with Crippen LogP contribution < -0.4 is 15.4 Å². The lowest BCUT2D eigenvalue weighted by Gasteiger charge is -2.35. The van der Waals surface area contributed by atoms with E-state index in [0.717, 1.165) is 41.7 Å². The number of hydrogen-bond donors (Lipinski definition) is 2. The molecule has 280 valence electrons. The average Bonchev–Trinajstić information content (AvgIpc) is 3.98. The van der Waals surface area contributed by atoms with Gasteiger partial charge in [-0.1, -0.05) is 53.1 Å². The summed E-state index contributed by atoms with van der Waals surface area (Å²) in [4.78, 5) is 76.2. The first kappa shape index (κ1) is 38.5. The molecule has 1 saturated heterocycles. The number of carbonyl (C=O) groups excluding carboxylic acids is 5. The molecule has 51 heavy (non-hydrogen) atoms. The lowest BCUT2D eigenvalue weighted by Crippen LogP contribution is -2.59. The van der Waals surface area contributed by atoms with Crippen LogP contribution in [0.5, 0.6) is 5.75 Å². The molecule has 2 aliphatic heterocycles. The van der Waals surface area contributed by atoms with E-state index < -0.39 is 46.6 Å². The van der Waals surface area contributed by atoms with E-state index in [4.69, 9.17) is 9.57 Å². The van der Waals surface area contributed by atoms with E-state index in [2.05, 4.69) is 29.6 Å². The minimum absolute atomic E-state index is 0.0689. The number of rotatable bonds is 15. The van der Waals surface area contributed by atoms with Crippen molar-refractivity contribution in [2.24, 2.45) is 34.2 Å². The second-order valence-corrected chi connectivity index (χ2v) is 16.9. The Hall–Kier alpha value is -3.76. The summed E-state index contributed by atoms with van der Waals surface area (Å²) >= 11 is 0. The Morgan fingerprint density at radius 3 is 2.25 bits per heavy atom. The third-order valence-corrected chi connectivity index (χ3v) is 11.0. The Bertz CT molecular complexity index is 1550. The fourth-order valence-corrected chi connectivity index (χ4v) is 7.79. The van der Waals surface area contributed by atoms with Crippen LogP contribution in [0.25, 0.3) is 0 Å². The fraction of sp³-hybridized carbons (Fsp3) is 0.700. The number of oxime groups is 1. The topological polar surface area (TPSA) is 143 Å². The summed E-state index contributed by atoms with van der Waals surface area (Å²) in [6.45, 7) is 18.3. The summed E-state index contributed by atoms with van der Waals surface area (Å²) in [5.41, 5.74) is 1.86. The zero-order valence-corrected chi connectivity index (χ0v) is 32.0. The Kier molecular flexibility index (Phi) is 11.4. The van der Waals surface area contributed by atoms with E-state index in [-0.39, 0.29) is 49.0 Å². The molecule has 2 N–H and O–H groups in total. The number of hydrogen-bond acceptors (Lipinski definition) is 8. The summed E-state index contributed by atoms with van der Waals surface area (Å²) in [7, 11) is 0. The van der Waals surface area contributed by atoms with Crippen LogP contribution in [-0.4, -0.2) is 76.8 Å². The van der Waals surface area contributed by atoms with Crippen molar-refractivity contribution in [2.45, 2.75) is 137 Å². The van der Waals surface area contributed by atoms with E-state index in [9.17, 15) is 24.0 Å². The molecule has 0 bridgehead atoms. The third kappa shape index (κ3) is 8.66. The van der Waals surface area contributed by atoms with Gasteiger partial charge in [-0.2, -0.15) is 0 Å². The van der Waals surface area contributed by atoms with Crippen molar-refractivity contribution in [3.05, 3.63) is 28.8 Å². The molecule has 1 aromatic rings. The van der Waals surface area contributed by atoms with E-state index >= 15 is 0 Å². The predicted molar refractivity (Wildman–Crippen MR) is 194 cm³/mol. The minimum atomic E-state index is -1.01. The highest BCUT2D eigenvalue weighted by atomic mass is 16.7. The summed E-state index contributed by atoms with van der Waals surface area (Å²) in [5.74, 6) is -0.520. The maximum absolute atomic E-state index is 14.7. The van der Waals surface area contributed by atoms with Crippen LogP contribution in [0.4, 0.5) is 0 Å². The molecular weight excluding hydrogens is 648 g/mol. The van der Waals surface area contributed by atoms with Gasteiger partial charge in [0.1, 0.15) is 17.8 Å². The van der Waals surface area contributed by atoms with Crippen molar-refractivity contribution in [1.29, 1.82) is 0 Å². The van der Waals surface area contributed by atoms with Crippen molar-refractivity contribution in [2.75, 3.05) is 13.2 Å². The number of Topliss-reactive ketones (excluding diaryl/α,β-unsaturated/α-hetero) is 2. The Morgan fingerprint density at radius 1 is 1.04 bits per heavy atom. The third-order valence-electron chi connectivity index (χ3n) is 11.0. The number of ether oxygens (including phenoxy) is 1. The van der Waals surface area contributed by atoms with E-state index in [0.29, 0.717) is 37.5 Å². The highest BCUT2D eigenvalue weighted by Gasteiger charge is 2.56. The highest BCUT2D eigenvalue weighted by Crippen LogP contribution is 2.45. The standard InChI is InChI=1S/C40H58N4O7/c1-10-12-29(33(46)32(45)17-25-13-14-25)41-37(48)31-20-40(19-30(43-51-40)26-15-23(5)34(50-11-2)24(6)16-26)21-44(31)38(49)35(39(7,8)9)42-36(47)28-18-27(28)22(3)4/h15-16,22,25,27-29,31,35H,10-14,17-21H2,1-9H3,(H,41,48)(H,42,47)/t27-,28+,29-,31-,35+,40+/m0/s1. The van der Waals surface area contributed by atoms with E-state index in [1.807, 2.05) is 60.6 Å². The monoisotopic (exact) mass is 706 g/mol. The van der Waals surface area contributed by atoms with Gasteiger partial charge in [-0.25, -0.2) is 0 Å². The normalized spacial score (nSPS) is 25.3. The van der Waals surface area contributed by atoms with Crippen LogP contribution in [0.3, 0.4) is 0 Å². The first-order valence-corrected chi connectivity index (χ1v) is 19.0. The van der Waals surface area contributed by atoms with Gasteiger partial charge in [-0.15, -0.1) is 0 Å². The summed E-state index contributed by atoms with van der Waals surface area (Å²) in [6, 6.07) is 1.13. The maximum Gasteiger partial charge on any atom is 0.246 e. The number of ketones is 2. The van der Waals surface area contributed by atoms with Gasteiger partial charge in [0.05, 0.1) is 24.9 Å². The smallest absolute Gasteiger partial charge is 0.246 e. The number of nitrogens with one attached hydrogen (secondary N) is 2. The molecule has 0 aromatic heterocycles. The predicted octanol–water partition coefficient (Wildman–Crippen LogP) is 5.21. The molecule has 1 aromatic carbocycles. The summed E-state index contributed by atoms with van der Waals surface area (Å²) in [5, 5.41) is 10.4. The van der Waals surface area contributed by atoms with E-state index in [1.54, 1.807) is 0 Å². The van der Waals surface area contributed by atoms with Gasteiger partial charge >= 0.3 is 0 Å². The van der Waals surface area contributed by atoms with E-state index in [1.165, 1.54) is 4.90 Å². The number of nitrogens with zero attached hydrogens (tertiary/aromatic N) is 2. The summed E-state index contributed by atoms with van der Waals surface area (Å²) < 4.78 is 5.84. The second-order valence-electron chi connectivity index (χ2n) is 16.9. The molecule has 11 nitrogen and oxygen atoms in total. The lowest BCUT2D eigenvalue weighted by atomic mass is 9.85. The minimum Gasteiger partial charge on any atom is -0.493 e. The Labute approximate surface area is 303 Å². The second kappa shape index (κ2) is 15.1. The van der Waals surface area contributed by atoms with Crippen molar-refractivity contribution in [3.8, 4) is 5.75 Å². The SMILES string of the molecule is CCC[C@H](NC(=O)[C@@H]1C[C@]2(CC(c3cc(C)c(OCC)c(C)c3)=NO2)CN1C(=O)[C@@H](NC(=O)[C@@H]1C[C@H]1C(C)C)C(C)(C)C)C(=O)C(=O)CC1CC1. The van der Waals surface area contributed by atoms with Gasteiger partial charge in [-0.05, 0) is 92.9 Å². The molecular formula is C40H58N4O7. The molecule has 0 radical (unpaired) electrons. The first-order valence-electron chi connectivity index (χ1n) is 19.0. The first-order chi connectivity index (χ1) is 24.0. The number of amides is 3. The average molecular weight is 707 g/mol. The Morgan fingerprint density at radius 2 is 1.71 bits per heavy atom. The highest BCUT2D eigenvalue weighted by molar-refractivity contribution is 6.39. The largest absolute Gasteiger partial charge is 0.493 e. The number of benzene rings is 1. The molecule has 2 aliphatic carbocycles. The number of carbonyl (C=O) groups is 5. The Balaban J connectivity index is 1.41. The van der Waals surface area contributed by atoms with Crippen LogP contribution in [0.1, 0.15) is 117 Å². The zero-order valence-electron chi connectivity index (χ0n) is 32.0. The molecule has 5 rings (SSSR count). The van der Waals surface area contributed by atoms with Gasteiger partial charge in [0.15, 0.2) is 5.60 Å². The molecule has 6 atom stereocenters. The quantitative estimate of drug-likeness (QED) is 0.238. The maximum atomic E-state index is 14.7. The van der Waals surface area contributed by atoms with Crippen molar-refractivity contribution >= 4 is 35.0 Å². The van der Waals surface area contributed by atoms with Crippen molar-refractivity contribution in [1.82, 2.24) is 15.5 Å². The molecule has 4 aliphatic rings. The van der Waals surface area contributed by atoms with Crippen molar-refractivity contribution in [3.63, 3.8) is 0 Å². The fourth-order valence-electron chi connectivity index (χ4n) is 7.79. The molecule has 3 fully saturated rings. The van der Waals surface area contributed by atoms with Crippen molar-refractivity contribution < 1.29 is 33.5 Å². The molecule has 11 heteroatoms.